The minimum atomic E-state index is 0.834. The van der Waals surface area contributed by atoms with Gasteiger partial charge < -0.3 is 9.80 Å². The van der Waals surface area contributed by atoms with Gasteiger partial charge in [-0.05, 0) is 36.7 Å². The molecule has 108 valence electrons. The molecule has 2 aliphatic heterocycles. The molecule has 1 aromatic heterocycles. The van der Waals surface area contributed by atoms with Crippen LogP contribution in [0.15, 0.2) is 18.5 Å². The van der Waals surface area contributed by atoms with Gasteiger partial charge in [0.25, 0.3) is 0 Å². The molecule has 0 aromatic carbocycles. The van der Waals surface area contributed by atoms with Crippen LogP contribution in [0.3, 0.4) is 0 Å². The van der Waals surface area contributed by atoms with Crippen LogP contribution in [0.2, 0.25) is 0 Å². The van der Waals surface area contributed by atoms with Crippen molar-refractivity contribution >= 4 is 5.95 Å². The first-order valence-electron chi connectivity index (χ1n) is 8.13. The fourth-order valence-corrected chi connectivity index (χ4v) is 4.42. The molecule has 0 bridgehead atoms. The normalized spacial score (nSPS) is 31.1. The van der Waals surface area contributed by atoms with E-state index in [1.807, 2.05) is 18.5 Å². The molecule has 1 aromatic rings. The van der Waals surface area contributed by atoms with Gasteiger partial charge in [0.15, 0.2) is 0 Å². The van der Waals surface area contributed by atoms with Crippen molar-refractivity contribution in [3.8, 4) is 0 Å². The Morgan fingerprint density at radius 1 is 0.950 bits per heavy atom. The monoisotopic (exact) mass is 272 g/mol. The molecule has 0 N–H and O–H groups in total. The van der Waals surface area contributed by atoms with E-state index in [4.69, 9.17) is 0 Å². The molecule has 0 spiro atoms. The van der Waals surface area contributed by atoms with Crippen molar-refractivity contribution in [3.05, 3.63) is 18.5 Å². The molecule has 3 heterocycles. The zero-order chi connectivity index (χ0) is 13.4. The first kappa shape index (κ1) is 12.6. The Morgan fingerprint density at radius 2 is 1.60 bits per heavy atom. The topological polar surface area (TPSA) is 32.3 Å². The molecular formula is C16H24N4. The molecule has 3 fully saturated rings. The highest BCUT2D eigenvalue weighted by molar-refractivity contribution is 5.31. The van der Waals surface area contributed by atoms with Gasteiger partial charge >= 0.3 is 0 Å². The molecule has 1 saturated carbocycles. The van der Waals surface area contributed by atoms with Crippen LogP contribution >= 0.6 is 0 Å². The lowest BCUT2D eigenvalue weighted by molar-refractivity contribution is 0.264. The Labute approximate surface area is 121 Å². The molecule has 0 radical (unpaired) electrons. The fraction of sp³-hybridized carbons (Fsp3) is 0.750. The van der Waals surface area contributed by atoms with Crippen molar-refractivity contribution in [2.45, 2.75) is 25.7 Å². The predicted molar refractivity (Wildman–Crippen MR) is 79.6 cm³/mol. The Kier molecular flexibility index (Phi) is 3.34. The quantitative estimate of drug-likeness (QED) is 0.843. The molecule has 0 unspecified atom stereocenters. The molecule has 0 amide bonds. The van der Waals surface area contributed by atoms with E-state index in [1.54, 1.807) is 0 Å². The Hall–Kier alpha value is -1.16. The number of aromatic nitrogens is 2. The van der Waals surface area contributed by atoms with Crippen molar-refractivity contribution in [3.63, 3.8) is 0 Å². The minimum absolute atomic E-state index is 0.834. The van der Waals surface area contributed by atoms with Crippen LogP contribution < -0.4 is 4.90 Å². The van der Waals surface area contributed by atoms with E-state index in [1.165, 1.54) is 45.3 Å². The van der Waals surface area contributed by atoms with Gasteiger partial charge in [-0.15, -0.1) is 0 Å². The third kappa shape index (κ3) is 2.41. The maximum atomic E-state index is 4.39. The summed E-state index contributed by atoms with van der Waals surface area (Å²) in [5.41, 5.74) is 0. The minimum Gasteiger partial charge on any atom is -0.340 e. The summed E-state index contributed by atoms with van der Waals surface area (Å²) >= 11 is 0. The van der Waals surface area contributed by atoms with Gasteiger partial charge in [0.05, 0.1) is 0 Å². The number of nitrogens with zero attached hydrogens (tertiary/aromatic N) is 4. The second kappa shape index (κ2) is 5.32. The van der Waals surface area contributed by atoms with Crippen molar-refractivity contribution in [2.24, 2.45) is 17.8 Å². The van der Waals surface area contributed by atoms with Gasteiger partial charge in [-0.2, -0.15) is 0 Å². The molecule has 2 atom stereocenters. The second-order valence-electron chi connectivity index (χ2n) is 6.84. The van der Waals surface area contributed by atoms with E-state index < -0.39 is 0 Å². The third-order valence-corrected chi connectivity index (χ3v) is 5.39. The van der Waals surface area contributed by atoms with Crippen LogP contribution in [-0.4, -0.2) is 47.6 Å². The summed E-state index contributed by atoms with van der Waals surface area (Å²) in [5.74, 6) is 3.58. The number of hydrogen-bond donors (Lipinski definition) is 0. The van der Waals surface area contributed by atoms with Crippen LogP contribution in [0, 0.1) is 17.8 Å². The Balaban J connectivity index is 1.33. The van der Waals surface area contributed by atoms with Gasteiger partial charge in [0.1, 0.15) is 0 Å². The number of likely N-dealkylation sites (tertiary alicyclic amines) is 1. The van der Waals surface area contributed by atoms with E-state index >= 15 is 0 Å². The second-order valence-corrected chi connectivity index (χ2v) is 6.84. The molecule has 4 rings (SSSR count). The van der Waals surface area contributed by atoms with Crippen LogP contribution in [0.4, 0.5) is 5.95 Å². The zero-order valence-corrected chi connectivity index (χ0v) is 12.1. The van der Waals surface area contributed by atoms with Gasteiger partial charge in [-0.25, -0.2) is 9.97 Å². The van der Waals surface area contributed by atoms with Gasteiger partial charge in [0.2, 0.25) is 5.95 Å². The molecule has 1 aliphatic carbocycles. The Bertz CT molecular complexity index is 429. The van der Waals surface area contributed by atoms with E-state index in [0.29, 0.717) is 0 Å². The maximum Gasteiger partial charge on any atom is 0.225 e. The summed E-state index contributed by atoms with van der Waals surface area (Å²) in [7, 11) is 0. The lowest BCUT2D eigenvalue weighted by Crippen LogP contribution is -2.32. The lowest BCUT2D eigenvalue weighted by Gasteiger charge is -2.23. The van der Waals surface area contributed by atoms with Crippen molar-refractivity contribution in [2.75, 3.05) is 37.6 Å². The van der Waals surface area contributed by atoms with Crippen LogP contribution in [0.25, 0.3) is 0 Å². The predicted octanol–water partition coefficient (Wildman–Crippen LogP) is 2.03. The van der Waals surface area contributed by atoms with Gasteiger partial charge in [0, 0.05) is 45.1 Å². The summed E-state index contributed by atoms with van der Waals surface area (Å²) in [6, 6.07) is 1.89. The van der Waals surface area contributed by atoms with Crippen molar-refractivity contribution in [1.29, 1.82) is 0 Å². The molecular weight excluding hydrogens is 248 g/mol. The van der Waals surface area contributed by atoms with E-state index in [2.05, 4.69) is 19.8 Å². The maximum absolute atomic E-state index is 4.39. The van der Waals surface area contributed by atoms with Crippen LogP contribution in [0.1, 0.15) is 25.7 Å². The molecule has 2 saturated heterocycles. The molecule has 4 nitrogen and oxygen atoms in total. The van der Waals surface area contributed by atoms with Gasteiger partial charge in [-0.1, -0.05) is 12.8 Å². The van der Waals surface area contributed by atoms with Crippen molar-refractivity contribution < 1.29 is 0 Å². The van der Waals surface area contributed by atoms with Crippen molar-refractivity contribution in [1.82, 2.24) is 14.9 Å². The van der Waals surface area contributed by atoms with Gasteiger partial charge in [-0.3, -0.25) is 0 Å². The molecule has 3 aliphatic rings. The highest BCUT2D eigenvalue weighted by Gasteiger charge is 2.41. The smallest absolute Gasteiger partial charge is 0.225 e. The lowest BCUT2D eigenvalue weighted by atomic mass is 10.0. The van der Waals surface area contributed by atoms with E-state index in [9.17, 15) is 0 Å². The standard InChI is InChI=1S/C16H24N4/c1-2-5-13(4-1)8-19-9-14-11-20(12-15(14)10-19)16-17-6-3-7-18-16/h3,6-7,13-15H,1-2,4-5,8-12H2/t14-,15+. The van der Waals surface area contributed by atoms with Crippen LogP contribution in [-0.2, 0) is 0 Å². The molecule has 4 heteroatoms. The number of fused-ring (bicyclic) bond motifs is 1. The number of hydrogen-bond acceptors (Lipinski definition) is 4. The fourth-order valence-electron chi connectivity index (χ4n) is 4.42. The van der Waals surface area contributed by atoms with E-state index in [-0.39, 0.29) is 0 Å². The summed E-state index contributed by atoms with van der Waals surface area (Å²) < 4.78 is 0. The summed E-state index contributed by atoms with van der Waals surface area (Å²) in [6.07, 6.45) is 9.56. The number of rotatable bonds is 3. The molecule has 20 heavy (non-hydrogen) atoms. The zero-order valence-electron chi connectivity index (χ0n) is 12.1. The van der Waals surface area contributed by atoms with Crippen LogP contribution in [0.5, 0.6) is 0 Å². The number of anilines is 1. The SMILES string of the molecule is c1cnc(N2C[C@H]3CN(CC4CCCC4)C[C@H]3C2)nc1. The summed E-state index contributed by atoms with van der Waals surface area (Å²) in [5, 5.41) is 0. The summed E-state index contributed by atoms with van der Waals surface area (Å²) in [4.78, 5) is 13.9. The largest absolute Gasteiger partial charge is 0.340 e. The highest BCUT2D eigenvalue weighted by atomic mass is 15.3. The average Bonchev–Trinajstić information content (AvgIpc) is 3.16. The van der Waals surface area contributed by atoms with E-state index in [0.717, 1.165) is 36.8 Å². The average molecular weight is 272 g/mol. The third-order valence-electron chi connectivity index (χ3n) is 5.39. The first-order valence-corrected chi connectivity index (χ1v) is 8.13. The highest BCUT2D eigenvalue weighted by Crippen LogP contribution is 2.34. The Morgan fingerprint density at radius 3 is 2.25 bits per heavy atom. The first-order chi connectivity index (χ1) is 9.88. The summed E-state index contributed by atoms with van der Waals surface area (Å²) in [6.45, 7) is 6.25.